The molecule has 1 aromatic rings. The van der Waals surface area contributed by atoms with Gasteiger partial charge in [0, 0.05) is 25.3 Å². The number of anilines is 1. The SMILES string of the molecule is COc1cc(C)c(N(C)CCC(C)N)c(C)c1C. The van der Waals surface area contributed by atoms with Crippen molar-refractivity contribution in [3.8, 4) is 5.75 Å². The van der Waals surface area contributed by atoms with E-state index in [0.29, 0.717) is 0 Å². The zero-order chi connectivity index (χ0) is 13.9. The van der Waals surface area contributed by atoms with Gasteiger partial charge < -0.3 is 15.4 Å². The first kappa shape index (κ1) is 14.8. The second-order valence-corrected chi connectivity index (χ2v) is 5.18. The normalized spacial score (nSPS) is 12.4. The van der Waals surface area contributed by atoms with Crippen LogP contribution in [-0.2, 0) is 0 Å². The lowest BCUT2D eigenvalue weighted by Crippen LogP contribution is -2.27. The maximum absolute atomic E-state index is 5.82. The van der Waals surface area contributed by atoms with Crippen LogP contribution >= 0.6 is 0 Å². The number of nitrogens with zero attached hydrogens (tertiary/aromatic N) is 1. The Morgan fingerprint density at radius 3 is 2.39 bits per heavy atom. The molecule has 1 unspecified atom stereocenters. The van der Waals surface area contributed by atoms with Gasteiger partial charge >= 0.3 is 0 Å². The Morgan fingerprint density at radius 1 is 1.28 bits per heavy atom. The fourth-order valence-corrected chi connectivity index (χ4v) is 2.34. The second kappa shape index (κ2) is 6.10. The van der Waals surface area contributed by atoms with Gasteiger partial charge in [-0.15, -0.1) is 0 Å². The Labute approximate surface area is 111 Å². The highest BCUT2D eigenvalue weighted by Crippen LogP contribution is 2.33. The minimum Gasteiger partial charge on any atom is -0.496 e. The lowest BCUT2D eigenvalue weighted by atomic mass is 10.0. The Bertz CT molecular complexity index is 413. The summed E-state index contributed by atoms with van der Waals surface area (Å²) in [5.41, 5.74) is 10.9. The summed E-state index contributed by atoms with van der Waals surface area (Å²) in [6.07, 6.45) is 1.00. The Kier molecular flexibility index (Phi) is 5.03. The maximum Gasteiger partial charge on any atom is 0.122 e. The van der Waals surface area contributed by atoms with Gasteiger partial charge in [0.1, 0.15) is 5.75 Å². The van der Waals surface area contributed by atoms with Gasteiger partial charge in [0.2, 0.25) is 0 Å². The molecule has 0 fully saturated rings. The van der Waals surface area contributed by atoms with Crippen LogP contribution in [0.3, 0.4) is 0 Å². The number of nitrogens with two attached hydrogens (primary N) is 1. The van der Waals surface area contributed by atoms with Crippen LogP contribution < -0.4 is 15.4 Å². The number of aryl methyl sites for hydroxylation is 1. The van der Waals surface area contributed by atoms with Crippen LogP contribution in [0.2, 0.25) is 0 Å². The van der Waals surface area contributed by atoms with Gasteiger partial charge in [0.05, 0.1) is 7.11 Å². The number of benzene rings is 1. The summed E-state index contributed by atoms with van der Waals surface area (Å²) in [4.78, 5) is 2.29. The number of hydrogen-bond donors (Lipinski definition) is 1. The number of ether oxygens (including phenoxy) is 1. The van der Waals surface area contributed by atoms with Crippen LogP contribution in [0.25, 0.3) is 0 Å². The van der Waals surface area contributed by atoms with Crippen molar-refractivity contribution in [2.75, 3.05) is 25.6 Å². The zero-order valence-electron chi connectivity index (χ0n) is 12.5. The van der Waals surface area contributed by atoms with Crippen molar-refractivity contribution in [2.45, 2.75) is 40.2 Å². The van der Waals surface area contributed by atoms with Crippen molar-refractivity contribution < 1.29 is 4.74 Å². The highest BCUT2D eigenvalue weighted by atomic mass is 16.5. The third-order valence-electron chi connectivity index (χ3n) is 3.53. The van der Waals surface area contributed by atoms with E-state index >= 15 is 0 Å². The lowest BCUT2D eigenvalue weighted by molar-refractivity contribution is 0.411. The van der Waals surface area contributed by atoms with Crippen molar-refractivity contribution in [3.63, 3.8) is 0 Å². The molecule has 0 aromatic heterocycles. The molecule has 1 rings (SSSR count). The molecule has 1 aromatic carbocycles. The molecule has 3 nitrogen and oxygen atoms in total. The van der Waals surface area contributed by atoms with Crippen molar-refractivity contribution >= 4 is 5.69 Å². The zero-order valence-corrected chi connectivity index (χ0v) is 12.5. The van der Waals surface area contributed by atoms with Crippen molar-refractivity contribution in [2.24, 2.45) is 5.73 Å². The fourth-order valence-electron chi connectivity index (χ4n) is 2.34. The molecule has 18 heavy (non-hydrogen) atoms. The molecule has 0 spiro atoms. The molecule has 0 saturated heterocycles. The molecule has 0 aliphatic rings. The van der Waals surface area contributed by atoms with Gasteiger partial charge in [-0.3, -0.25) is 0 Å². The highest BCUT2D eigenvalue weighted by molar-refractivity contribution is 5.64. The molecule has 0 aliphatic heterocycles. The van der Waals surface area contributed by atoms with Crippen LogP contribution in [0, 0.1) is 20.8 Å². The molecule has 102 valence electrons. The average molecular weight is 250 g/mol. The van der Waals surface area contributed by atoms with Gasteiger partial charge in [-0.2, -0.15) is 0 Å². The number of hydrogen-bond acceptors (Lipinski definition) is 3. The number of methoxy groups -OCH3 is 1. The first-order chi connectivity index (χ1) is 8.38. The molecule has 1 atom stereocenters. The van der Waals surface area contributed by atoms with Crippen LogP contribution in [0.15, 0.2) is 6.07 Å². The topological polar surface area (TPSA) is 38.5 Å². The summed E-state index contributed by atoms with van der Waals surface area (Å²) in [6, 6.07) is 2.35. The predicted octanol–water partition coefficient (Wildman–Crippen LogP) is 2.79. The van der Waals surface area contributed by atoms with Gasteiger partial charge in [-0.25, -0.2) is 0 Å². The average Bonchev–Trinajstić information content (AvgIpc) is 2.31. The Hall–Kier alpha value is -1.22. The van der Waals surface area contributed by atoms with E-state index in [0.717, 1.165) is 18.7 Å². The first-order valence-electron chi connectivity index (χ1n) is 6.50. The van der Waals surface area contributed by atoms with Crippen molar-refractivity contribution in [1.82, 2.24) is 0 Å². The molecule has 0 amide bonds. The third-order valence-corrected chi connectivity index (χ3v) is 3.53. The summed E-state index contributed by atoms with van der Waals surface area (Å²) in [5, 5.41) is 0. The molecule has 0 bridgehead atoms. The number of rotatable bonds is 5. The maximum atomic E-state index is 5.82. The molecule has 0 saturated carbocycles. The third kappa shape index (κ3) is 3.16. The quantitative estimate of drug-likeness (QED) is 0.873. The summed E-state index contributed by atoms with van der Waals surface area (Å²) >= 11 is 0. The second-order valence-electron chi connectivity index (χ2n) is 5.18. The molecule has 2 N–H and O–H groups in total. The van der Waals surface area contributed by atoms with E-state index in [4.69, 9.17) is 10.5 Å². The van der Waals surface area contributed by atoms with Crippen LogP contribution in [0.1, 0.15) is 30.0 Å². The van der Waals surface area contributed by atoms with E-state index in [9.17, 15) is 0 Å². The fraction of sp³-hybridized carbons (Fsp3) is 0.600. The van der Waals surface area contributed by atoms with Crippen LogP contribution in [0.5, 0.6) is 5.75 Å². The summed E-state index contributed by atoms with van der Waals surface area (Å²) < 4.78 is 5.40. The Morgan fingerprint density at radius 2 is 1.89 bits per heavy atom. The van der Waals surface area contributed by atoms with E-state index in [1.807, 2.05) is 6.92 Å². The van der Waals surface area contributed by atoms with Crippen molar-refractivity contribution in [1.29, 1.82) is 0 Å². The molecular weight excluding hydrogens is 224 g/mol. The van der Waals surface area contributed by atoms with Crippen LogP contribution in [0.4, 0.5) is 5.69 Å². The van der Waals surface area contributed by atoms with E-state index in [1.165, 1.54) is 22.4 Å². The van der Waals surface area contributed by atoms with Gasteiger partial charge in [-0.1, -0.05) is 0 Å². The molecular formula is C15H26N2O. The largest absolute Gasteiger partial charge is 0.496 e. The molecule has 0 aliphatic carbocycles. The molecule has 0 heterocycles. The monoisotopic (exact) mass is 250 g/mol. The standard InChI is InChI=1S/C15H26N2O/c1-10-9-14(18-6)12(3)13(4)15(10)17(5)8-7-11(2)16/h9,11H,7-8,16H2,1-6H3. The minimum atomic E-state index is 0.243. The van der Waals surface area contributed by atoms with Crippen LogP contribution in [-0.4, -0.2) is 26.7 Å². The smallest absolute Gasteiger partial charge is 0.122 e. The van der Waals surface area contributed by atoms with E-state index < -0.39 is 0 Å². The van der Waals surface area contributed by atoms with E-state index in [-0.39, 0.29) is 6.04 Å². The lowest BCUT2D eigenvalue weighted by Gasteiger charge is -2.26. The van der Waals surface area contributed by atoms with Crippen molar-refractivity contribution in [3.05, 3.63) is 22.8 Å². The highest BCUT2D eigenvalue weighted by Gasteiger charge is 2.14. The summed E-state index contributed by atoms with van der Waals surface area (Å²) in [5.74, 6) is 0.967. The molecule has 0 radical (unpaired) electrons. The minimum absolute atomic E-state index is 0.243. The van der Waals surface area contributed by atoms with Gasteiger partial charge in [0.15, 0.2) is 0 Å². The van der Waals surface area contributed by atoms with Gasteiger partial charge in [0.25, 0.3) is 0 Å². The summed E-state index contributed by atoms with van der Waals surface area (Å²) in [6.45, 7) is 9.42. The summed E-state index contributed by atoms with van der Waals surface area (Å²) in [7, 11) is 3.85. The van der Waals surface area contributed by atoms with Gasteiger partial charge in [-0.05, 0) is 56.9 Å². The molecule has 3 heteroatoms. The Balaban J connectivity index is 3.05. The van der Waals surface area contributed by atoms with E-state index in [2.05, 4.69) is 38.8 Å². The first-order valence-corrected chi connectivity index (χ1v) is 6.50. The predicted molar refractivity (Wildman–Crippen MR) is 78.7 cm³/mol. The van der Waals surface area contributed by atoms with E-state index in [1.54, 1.807) is 7.11 Å².